The minimum absolute atomic E-state index is 0.129. The van der Waals surface area contributed by atoms with Gasteiger partial charge in [-0.3, -0.25) is 14.7 Å². The van der Waals surface area contributed by atoms with Crippen molar-refractivity contribution in [2.45, 2.75) is 31.4 Å². The maximum atomic E-state index is 13.5. The number of rotatable bonds is 4. The first-order valence-corrected chi connectivity index (χ1v) is 8.89. The molecule has 160 valence electrons. The number of nitrogens with zero attached hydrogens (tertiary/aromatic N) is 4. The highest BCUT2D eigenvalue weighted by molar-refractivity contribution is 6.31. The number of carboxylic acid groups (broad SMARTS) is 1. The van der Waals surface area contributed by atoms with E-state index < -0.39 is 36.2 Å². The van der Waals surface area contributed by atoms with Gasteiger partial charge in [-0.05, 0) is 11.6 Å². The van der Waals surface area contributed by atoms with Crippen molar-refractivity contribution in [1.82, 2.24) is 25.2 Å². The number of likely N-dealkylation sites (tertiary alicyclic amines) is 1. The second-order valence-corrected chi connectivity index (χ2v) is 6.86. The Kier molecular flexibility index (Phi) is 6.06. The van der Waals surface area contributed by atoms with Gasteiger partial charge in [0.2, 0.25) is 11.7 Å². The van der Waals surface area contributed by atoms with E-state index in [0.717, 1.165) is 17.3 Å². The van der Waals surface area contributed by atoms with Crippen LogP contribution >= 0.6 is 11.6 Å². The lowest BCUT2D eigenvalue weighted by molar-refractivity contribution is -0.145. The van der Waals surface area contributed by atoms with Gasteiger partial charge in [0.05, 0.1) is 17.3 Å². The van der Waals surface area contributed by atoms with Crippen molar-refractivity contribution in [3.63, 3.8) is 0 Å². The average molecular weight is 448 g/mol. The second-order valence-electron chi connectivity index (χ2n) is 6.46. The zero-order valence-electron chi connectivity index (χ0n) is 15.0. The summed E-state index contributed by atoms with van der Waals surface area (Å²) < 4.78 is 51.3. The fourth-order valence-electron chi connectivity index (χ4n) is 2.93. The molecule has 3 rings (SSSR count). The third-order valence-electron chi connectivity index (χ3n) is 4.39. The lowest BCUT2D eigenvalue weighted by atomic mass is 10.1. The van der Waals surface area contributed by atoms with Crippen LogP contribution in [-0.4, -0.2) is 55.7 Å². The van der Waals surface area contributed by atoms with E-state index in [0.29, 0.717) is 5.56 Å². The normalized spacial score (nSPS) is 19.0. The van der Waals surface area contributed by atoms with Gasteiger partial charge < -0.3 is 10.4 Å². The summed E-state index contributed by atoms with van der Waals surface area (Å²) in [5.41, 5.74) is 0.779. The highest BCUT2D eigenvalue weighted by atomic mass is 35.5. The van der Waals surface area contributed by atoms with E-state index in [1.54, 1.807) is 0 Å². The van der Waals surface area contributed by atoms with Crippen molar-refractivity contribution in [3.05, 3.63) is 41.1 Å². The number of alkyl halides is 4. The molecular formula is C17H14ClF4N5O3. The lowest BCUT2D eigenvalue weighted by Crippen LogP contribution is -2.45. The number of halogens is 5. The van der Waals surface area contributed by atoms with Crippen LogP contribution in [0.4, 0.5) is 22.4 Å². The molecule has 0 spiro atoms. The Morgan fingerprint density at radius 1 is 1.23 bits per heavy atom. The summed E-state index contributed by atoms with van der Waals surface area (Å²) in [5, 5.41) is 11.7. The Morgan fingerprint density at radius 2 is 1.90 bits per heavy atom. The van der Waals surface area contributed by atoms with E-state index in [4.69, 9.17) is 16.7 Å². The second kappa shape index (κ2) is 8.38. The molecule has 2 N–H and O–H groups in total. The summed E-state index contributed by atoms with van der Waals surface area (Å²) in [4.78, 5) is 34.7. The number of carbonyl (C=O) groups excluding carboxylic acids is 1. The van der Waals surface area contributed by atoms with Gasteiger partial charge in [-0.25, -0.2) is 19.2 Å². The molecule has 1 saturated heterocycles. The van der Waals surface area contributed by atoms with Crippen molar-refractivity contribution >= 4 is 23.6 Å². The quantitative estimate of drug-likeness (QED) is 0.698. The van der Waals surface area contributed by atoms with Crippen LogP contribution in [-0.2, 0) is 17.5 Å². The summed E-state index contributed by atoms with van der Waals surface area (Å²) >= 11 is 6.06. The molecule has 0 bridgehead atoms. The van der Waals surface area contributed by atoms with Gasteiger partial charge in [-0.15, -0.1) is 0 Å². The number of pyridine rings is 1. The first-order valence-electron chi connectivity index (χ1n) is 8.51. The van der Waals surface area contributed by atoms with Gasteiger partial charge in [0.1, 0.15) is 12.2 Å². The summed E-state index contributed by atoms with van der Waals surface area (Å²) in [7, 11) is 0. The molecule has 3 heterocycles. The Bertz CT molecular complexity index is 957. The highest BCUT2D eigenvalue weighted by Gasteiger charge is 2.39. The molecule has 0 aromatic carbocycles. The topological polar surface area (TPSA) is 108 Å². The fraction of sp³-hybridized carbons (Fsp3) is 0.353. The highest BCUT2D eigenvalue weighted by Crippen LogP contribution is 2.27. The number of amides is 2. The maximum absolute atomic E-state index is 13.5. The van der Waals surface area contributed by atoms with Gasteiger partial charge in [0, 0.05) is 37.1 Å². The van der Waals surface area contributed by atoms with E-state index in [1.165, 1.54) is 12.3 Å². The molecule has 0 unspecified atom stereocenters. The monoisotopic (exact) mass is 447 g/mol. The molecule has 1 fully saturated rings. The summed E-state index contributed by atoms with van der Waals surface area (Å²) in [6, 6.07) is 0.261. The van der Waals surface area contributed by atoms with Crippen molar-refractivity contribution < 1.29 is 32.3 Å². The summed E-state index contributed by atoms with van der Waals surface area (Å²) in [5.74, 6) is -1.98. The van der Waals surface area contributed by atoms with Gasteiger partial charge in [-0.1, -0.05) is 11.6 Å². The summed E-state index contributed by atoms with van der Waals surface area (Å²) in [6.45, 7) is -0.517. The Labute approximate surface area is 171 Å². The third-order valence-corrected chi connectivity index (χ3v) is 4.73. The van der Waals surface area contributed by atoms with Gasteiger partial charge in [0.15, 0.2) is 0 Å². The molecule has 0 radical (unpaired) electrons. The van der Waals surface area contributed by atoms with Crippen molar-refractivity contribution in [2.24, 2.45) is 0 Å². The molecule has 1 aliphatic rings. The third kappa shape index (κ3) is 4.75. The average Bonchev–Trinajstić information content (AvgIpc) is 3.09. The van der Waals surface area contributed by atoms with Crippen molar-refractivity contribution in [3.8, 4) is 11.3 Å². The molecule has 0 aliphatic carbocycles. The Hall–Kier alpha value is -3.02. The van der Waals surface area contributed by atoms with E-state index in [9.17, 15) is 27.2 Å². The van der Waals surface area contributed by atoms with Gasteiger partial charge >= 0.3 is 12.3 Å². The lowest BCUT2D eigenvalue weighted by Gasteiger charge is -2.20. The van der Waals surface area contributed by atoms with E-state index in [1.807, 2.05) is 0 Å². The zero-order chi connectivity index (χ0) is 22.1. The zero-order valence-corrected chi connectivity index (χ0v) is 15.8. The molecular weight excluding hydrogens is 434 g/mol. The first kappa shape index (κ1) is 21.7. The van der Waals surface area contributed by atoms with Gasteiger partial charge in [-0.2, -0.15) is 13.2 Å². The fourth-order valence-corrected chi connectivity index (χ4v) is 3.10. The van der Waals surface area contributed by atoms with Crippen LogP contribution in [0.3, 0.4) is 0 Å². The SMILES string of the molecule is O=C(NCc1cc(-c2cnc(C(F)(F)F)nc2)ncc1Cl)[C@H]1C[C@@H](F)CN1C(=O)O. The number of nitrogens with one attached hydrogen (secondary N) is 1. The summed E-state index contributed by atoms with van der Waals surface area (Å²) in [6.07, 6.45) is -4.61. The first-order chi connectivity index (χ1) is 14.1. The molecule has 13 heteroatoms. The van der Waals surface area contributed by atoms with E-state index in [2.05, 4.69) is 20.3 Å². The largest absolute Gasteiger partial charge is 0.465 e. The minimum Gasteiger partial charge on any atom is -0.465 e. The molecule has 8 nitrogen and oxygen atoms in total. The van der Waals surface area contributed by atoms with Crippen LogP contribution in [0.2, 0.25) is 5.02 Å². The molecule has 2 amide bonds. The predicted octanol–water partition coefficient (Wildman–Crippen LogP) is 2.92. The van der Waals surface area contributed by atoms with Crippen LogP contribution in [0.25, 0.3) is 11.3 Å². The van der Waals surface area contributed by atoms with E-state index >= 15 is 0 Å². The van der Waals surface area contributed by atoms with Crippen LogP contribution in [0.5, 0.6) is 0 Å². The Morgan fingerprint density at radius 3 is 2.50 bits per heavy atom. The van der Waals surface area contributed by atoms with E-state index in [-0.39, 0.29) is 35.8 Å². The van der Waals surface area contributed by atoms with Crippen LogP contribution < -0.4 is 5.32 Å². The molecule has 0 saturated carbocycles. The predicted molar refractivity (Wildman–Crippen MR) is 95.2 cm³/mol. The molecule has 2 aromatic heterocycles. The Balaban J connectivity index is 1.73. The smallest absolute Gasteiger partial charge is 0.451 e. The van der Waals surface area contributed by atoms with Crippen LogP contribution in [0.15, 0.2) is 24.7 Å². The molecule has 1 aliphatic heterocycles. The van der Waals surface area contributed by atoms with Crippen molar-refractivity contribution in [1.29, 1.82) is 0 Å². The van der Waals surface area contributed by atoms with Crippen LogP contribution in [0, 0.1) is 0 Å². The standard InChI is InChI=1S/C17H14ClF4N5O3/c18-11-6-23-12(9-4-25-15(26-5-9)17(20,21)22)1-8(11)3-24-14(28)13-2-10(19)7-27(13)16(29)30/h1,4-6,10,13H,2-3,7H2,(H,24,28)(H,29,30)/t10-,13-/m1/s1. The molecule has 2 atom stereocenters. The molecule has 2 aromatic rings. The van der Waals surface area contributed by atoms with Crippen LogP contribution in [0.1, 0.15) is 17.8 Å². The maximum Gasteiger partial charge on any atom is 0.451 e. The number of aromatic nitrogens is 3. The number of hydrogen-bond acceptors (Lipinski definition) is 5. The number of carbonyl (C=O) groups is 2. The molecule has 30 heavy (non-hydrogen) atoms. The minimum atomic E-state index is -4.68. The number of hydrogen-bond donors (Lipinski definition) is 2. The van der Waals surface area contributed by atoms with Gasteiger partial charge in [0.25, 0.3) is 0 Å². The van der Waals surface area contributed by atoms with Crippen molar-refractivity contribution in [2.75, 3.05) is 6.54 Å².